The number of hydrogen-bond acceptors (Lipinski definition) is 2. The molecule has 1 atom stereocenters. The summed E-state index contributed by atoms with van der Waals surface area (Å²) in [5.41, 5.74) is 0.924. The topological polar surface area (TPSA) is 49.4 Å². The Morgan fingerprint density at radius 1 is 1.58 bits per heavy atom. The van der Waals surface area contributed by atoms with Crippen LogP contribution in [0.5, 0.6) is 0 Å². The van der Waals surface area contributed by atoms with Crippen LogP contribution in [-0.4, -0.2) is 25.4 Å². The van der Waals surface area contributed by atoms with E-state index >= 15 is 0 Å². The number of anilines is 1. The second-order valence-corrected chi connectivity index (χ2v) is 4.75. The van der Waals surface area contributed by atoms with E-state index in [4.69, 9.17) is 18.0 Å². The minimum atomic E-state index is -0.283. The van der Waals surface area contributed by atoms with Crippen LogP contribution in [0.2, 0.25) is 5.02 Å². The van der Waals surface area contributed by atoms with Gasteiger partial charge in [0.05, 0.1) is 11.3 Å². The Morgan fingerprint density at radius 3 is 2.89 bits per heavy atom. The van der Waals surface area contributed by atoms with Crippen molar-refractivity contribution in [3.05, 3.63) is 28.8 Å². The molecule has 2 amide bonds. The fraction of sp³-hybridized carbons (Fsp3) is 0.286. The molecule has 2 rings (SSSR count). The zero-order valence-corrected chi connectivity index (χ0v) is 11.2. The van der Waals surface area contributed by atoms with E-state index in [1.165, 1.54) is 7.05 Å². The standard InChI is InChI=1S/C14H13ClN2O2/c1-3-9-6-13(18)17(8-9)12-5-4-10(15)7-11(12)14(19)16-2/h1,4-5,7,9H,6,8H2,2H3,(H,16,19). The van der Waals surface area contributed by atoms with Crippen molar-refractivity contribution in [2.75, 3.05) is 18.5 Å². The molecular formula is C14H13ClN2O2. The van der Waals surface area contributed by atoms with Crippen LogP contribution >= 0.6 is 11.6 Å². The monoisotopic (exact) mass is 276 g/mol. The highest BCUT2D eigenvalue weighted by Gasteiger charge is 2.31. The summed E-state index contributed by atoms with van der Waals surface area (Å²) in [4.78, 5) is 25.4. The maximum absolute atomic E-state index is 12.0. The van der Waals surface area contributed by atoms with Gasteiger partial charge in [-0.15, -0.1) is 12.3 Å². The van der Waals surface area contributed by atoms with E-state index in [1.807, 2.05) is 0 Å². The molecule has 1 aromatic rings. The minimum absolute atomic E-state index is 0.0737. The molecule has 0 radical (unpaired) electrons. The molecule has 1 aliphatic heterocycles. The summed E-state index contributed by atoms with van der Waals surface area (Å²) < 4.78 is 0. The second-order valence-electron chi connectivity index (χ2n) is 4.31. The first-order valence-corrected chi connectivity index (χ1v) is 6.22. The molecule has 1 N–H and O–H groups in total. The molecule has 1 saturated heterocycles. The molecule has 0 aromatic heterocycles. The third-order valence-electron chi connectivity index (χ3n) is 3.08. The predicted molar refractivity (Wildman–Crippen MR) is 74.1 cm³/mol. The smallest absolute Gasteiger partial charge is 0.253 e. The van der Waals surface area contributed by atoms with Crippen molar-refractivity contribution in [3.8, 4) is 12.3 Å². The Morgan fingerprint density at radius 2 is 2.32 bits per heavy atom. The van der Waals surface area contributed by atoms with Crippen molar-refractivity contribution in [2.24, 2.45) is 5.92 Å². The molecule has 1 unspecified atom stereocenters. The minimum Gasteiger partial charge on any atom is -0.355 e. The van der Waals surface area contributed by atoms with Crippen molar-refractivity contribution in [1.29, 1.82) is 0 Å². The van der Waals surface area contributed by atoms with Gasteiger partial charge in [0, 0.05) is 31.0 Å². The van der Waals surface area contributed by atoms with Gasteiger partial charge >= 0.3 is 0 Å². The molecule has 0 aliphatic carbocycles. The first-order valence-electron chi connectivity index (χ1n) is 5.85. The van der Waals surface area contributed by atoms with Crippen molar-refractivity contribution < 1.29 is 9.59 Å². The highest BCUT2D eigenvalue weighted by molar-refractivity contribution is 6.31. The number of nitrogens with zero attached hydrogens (tertiary/aromatic N) is 1. The fourth-order valence-corrected chi connectivity index (χ4v) is 2.28. The summed E-state index contributed by atoms with van der Waals surface area (Å²) in [6, 6.07) is 4.87. The predicted octanol–water partition coefficient (Wildman–Crippen LogP) is 1.69. The van der Waals surface area contributed by atoms with Crippen LogP contribution in [0, 0.1) is 18.3 Å². The van der Waals surface area contributed by atoms with Gasteiger partial charge in [0.2, 0.25) is 5.91 Å². The van der Waals surface area contributed by atoms with E-state index in [9.17, 15) is 9.59 Å². The number of rotatable bonds is 2. The summed E-state index contributed by atoms with van der Waals surface area (Å²) in [6.07, 6.45) is 5.67. The van der Waals surface area contributed by atoms with E-state index < -0.39 is 0 Å². The summed E-state index contributed by atoms with van der Waals surface area (Å²) in [7, 11) is 1.53. The van der Waals surface area contributed by atoms with Crippen molar-refractivity contribution in [3.63, 3.8) is 0 Å². The van der Waals surface area contributed by atoms with Crippen LogP contribution < -0.4 is 10.2 Å². The lowest BCUT2D eigenvalue weighted by Crippen LogP contribution is -2.28. The van der Waals surface area contributed by atoms with E-state index in [0.717, 1.165) is 0 Å². The highest BCUT2D eigenvalue weighted by Crippen LogP contribution is 2.29. The first-order chi connectivity index (χ1) is 9.06. The summed E-state index contributed by atoms with van der Waals surface area (Å²) >= 11 is 5.90. The Hall–Kier alpha value is -1.99. The number of terminal acetylenes is 1. The van der Waals surface area contributed by atoms with Crippen molar-refractivity contribution in [1.82, 2.24) is 5.32 Å². The van der Waals surface area contributed by atoms with E-state index in [-0.39, 0.29) is 17.7 Å². The quantitative estimate of drug-likeness (QED) is 0.836. The lowest BCUT2D eigenvalue weighted by atomic mass is 10.1. The van der Waals surface area contributed by atoms with Crippen LogP contribution in [0.15, 0.2) is 18.2 Å². The van der Waals surface area contributed by atoms with Crippen LogP contribution in [-0.2, 0) is 4.79 Å². The third kappa shape index (κ3) is 2.56. The lowest BCUT2D eigenvalue weighted by Gasteiger charge is -2.19. The molecule has 0 bridgehead atoms. The SMILES string of the molecule is C#CC1CC(=O)N(c2ccc(Cl)cc2C(=O)NC)C1. The van der Waals surface area contributed by atoms with Crippen LogP contribution in [0.3, 0.4) is 0 Å². The number of carbonyl (C=O) groups excluding carboxylic acids is 2. The molecule has 98 valence electrons. The van der Waals surface area contributed by atoms with Gasteiger partial charge < -0.3 is 10.2 Å². The third-order valence-corrected chi connectivity index (χ3v) is 3.32. The Balaban J connectivity index is 2.43. The second kappa shape index (κ2) is 5.33. The molecule has 1 aliphatic rings. The van der Waals surface area contributed by atoms with Gasteiger partial charge in [-0.2, -0.15) is 0 Å². The van der Waals surface area contributed by atoms with E-state index in [2.05, 4.69) is 11.2 Å². The van der Waals surface area contributed by atoms with Gasteiger partial charge in [0.1, 0.15) is 0 Å². The van der Waals surface area contributed by atoms with E-state index in [0.29, 0.717) is 29.2 Å². The molecule has 1 aromatic carbocycles. The highest BCUT2D eigenvalue weighted by atomic mass is 35.5. The number of nitrogens with one attached hydrogen (secondary N) is 1. The first kappa shape index (κ1) is 13.4. The molecule has 1 heterocycles. The largest absolute Gasteiger partial charge is 0.355 e. The Labute approximate surface area is 116 Å². The average Bonchev–Trinajstić information content (AvgIpc) is 2.79. The van der Waals surface area contributed by atoms with Gasteiger partial charge in [-0.25, -0.2) is 0 Å². The van der Waals surface area contributed by atoms with Gasteiger partial charge in [0.15, 0.2) is 0 Å². The maximum Gasteiger partial charge on any atom is 0.253 e. The summed E-state index contributed by atoms with van der Waals surface area (Å²) in [6.45, 7) is 0.432. The fourth-order valence-electron chi connectivity index (χ4n) is 2.11. The molecule has 0 spiro atoms. The van der Waals surface area contributed by atoms with Crippen LogP contribution in [0.25, 0.3) is 0 Å². The van der Waals surface area contributed by atoms with Crippen LogP contribution in [0.4, 0.5) is 5.69 Å². The molecule has 19 heavy (non-hydrogen) atoms. The van der Waals surface area contributed by atoms with E-state index in [1.54, 1.807) is 23.1 Å². The van der Waals surface area contributed by atoms with Crippen molar-refractivity contribution in [2.45, 2.75) is 6.42 Å². The van der Waals surface area contributed by atoms with Crippen molar-refractivity contribution >= 4 is 29.1 Å². The number of halogens is 1. The summed E-state index contributed by atoms with van der Waals surface area (Å²) in [5, 5.41) is 2.98. The van der Waals surface area contributed by atoms with Gasteiger partial charge in [-0.05, 0) is 18.2 Å². The zero-order chi connectivity index (χ0) is 14.0. The summed E-state index contributed by atoms with van der Waals surface area (Å²) in [5.74, 6) is 2.11. The lowest BCUT2D eigenvalue weighted by molar-refractivity contribution is -0.117. The molecule has 0 saturated carbocycles. The molecule has 4 nitrogen and oxygen atoms in total. The molecular weight excluding hydrogens is 264 g/mol. The Kier molecular flexibility index (Phi) is 3.77. The van der Waals surface area contributed by atoms with Gasteiger partial charge in [-0.3, -0.25) is 9.59 Å². The number of amides is 2. The zero-order valence-electron chi connectivity index (χ0n) is 10.4. The maximum atomic E-state index is 12.0. The van der Waals surface area contributed by atoms with Crippen LogP contribution in [0.1, 0.15) is 16.8 Å². The number of hydrogen-bond donors (Lipinski definition) is 1. The normalized spacial score (nSPS) is 18.3. The number of benzene rings is 1. The van der Waals surface area contributed by atoms with Gasteiger partial charge in [-0.1, -0.05) is 11.6 Å². The number of carbonyl (C=O) groups is 2. The molecule has 5 heteroatoms. The molecule has 1 fully saturated rings. The Bertz CT molecular complexity index is 577. The van der Waals surface area contributed by atoms with Gasteiger partial charge in [0.25, 0.3) is 5.91 Å². The average molecular weight is 277 g/mol.